The molecule has 11 heteroatoms. The lowest BCUT2D eigenvalue weighted by Crippen LogP contribution is -2.15. The third-order valence-electron chi connectivity index (χ3n) is 3.67. The van der Waals surface area contributed by atoms with E-state index in [0.717, 1.165) is 30.0 Å². The van der Waals surface area contributed by atoms with Gasteiger partial charge in [-0.3, -0.25) is 4.79 Å². The Morgan fingerprint density at radius 2 is 1.70 bits per heavy atom. The number of nitrogens with zero attached hydrogens (tertiary/aromatic N) is 2. The van der Waals surface area contributed by atoms with Gasteiger partial charge in [-0.2, -0.15) is 13.2 Å². The number of carbonyl (C=O) groups is 1. The van der Waals surface area contributed by atoms with Gasteiger partial charge in [0.25, 0.3) is 0 Å². The Balaban J connectivity index is 1.78. The number of hydrogen-bond acceptors (Lipinski definition) is 4. The summed E-state index contributed by atoms with van der Waals surface area (Å²) in [6.45, 7) is 0. The van der Waals surface area contributed by atoms with E-state index in [1.54, 1.807) is 0 Å². The number of rotatable bonds is 5. The topological polar surface area (TPSA) is 54.9 Å². The third kappa shape index (κ3) is 5.84. The molecule has 1 N–H and O–H groups in total. The summed E-state index contributed by atoms with van der Waals surface area (Å²) in [6, 6.07) is 10.1. The zero-order valence-corrected chi connectivity index (χ0v) is 17.1. The van der Waals surface area contributed by atoms with Crippen molar-refractivity contribution in [2.24, 2.45) is 0 Å². The number of hydrogen-bond donors (Lipinski definition) is 1. The van der Waals surface area contributed by atoms with Gasteiger partial charge in [0.1, 0.15) is 11.5 Å². The zero-order valence-electron chi connectivity index (χ0n) is 14.8. The van der Waals surface area contributed by atoms with Crippen LogP contribution in [0.4, 0.5) is 23.2 Å². The maximum atomic E-state index is 13.2. The van der Waals surface area contributed by atoms with Gasteiger partial charge < -0.3 is 5.32 Å². The lowest BCUT2D eigenvalue weighted by Gasteiger charge is -2.11. The molecular weight excluding hydrogens is 465 g/mol. The van der Waals surface area contributed by atoms with E-state index < -0.39 is 23.6 Å². The summed E-state index contributed by atoms with van der Waals surface area (Å²) < 4.78 is 52.8. The molecule has 1 aromatic heterocycles. The Labute approximate surface area is 182 Å². The average Bonchev–Trinajstić information content (AvgIpc) is 2.69. The zero-order chi connectivity index (χ0) is 21.9. The van der Waals surface area contributed by atoms with E-state index in [4.69, 9.17) is 23.2 Å². The number of amides is 1. The molecule has 30 heavy (non-hydrogen) atoms. The molecular formula is C19H11Cl2F4N3OS. The number of benzene rings is 2. The third-order valence-corrected chi connectivity index (χ3v) is 5.26. The molecule has 0 bridgehead atoms. The monoisotopic (exact) mass is 475 g/mol. The number of thioether (sulfide) groups is 1. The largest absolute Gasteiger partial charge is 0.433 e. The first-order chi connectivity index (χ1) is 14.1. The van der Waals surface area contributed by atoms with E-state index in [1.807, 2.05) is 0 Å². The highest BCUT2D eigenvalue weighted by molar-refractivity contribution is 7.99. The van der Waals surface area contributed by atoms with E-state index in [-0.39, 0.29) is 27.2 Å². The van der Waals surface area contributed by atoms with Crippen molar-refractivity contribution in [2.75, 3.05) is 11.1 Å². The fourth-order valence-electron chi connectivity index (χ4n) is 2.30. The predicted octanol–water partition coefficient (Wildman–Crippen LogP) is 6.34. The van der Waals surface area contributed by atoms with Gasteiger partial charge in [-0.05, 0) is 48.5 Å². The van der Waals surface area contributed by atoms with Gasteiger partial charge in [0, 0.05) is 11.3 Å². The number of anilines is 1. The summed E-state index contributed by atoms with van der Waals surface area (Å²) in [5.41, 5.74) is -0.535. The van der Waals surface area contributed by atoms with Crippen molar-refractivity contribution in [3.63, 3.8) is 0 Å². The molecule has 1 amide bonds. The predicted molar refractivity (Wildman–Crippen MR) is 108 cm³/mol. The highest BCUT2D eigenvalue weighted by Gasteiger charge is 2.34. The van der Waals surface area contributed by atoms with Crippen LogP contribution in [0.2, 0.25) is 10.0 Å². The van der Waals surface area contributed by atoms with Crippen LogP contribution in [0.1, 0.15) is 5.69 Å². The summed E-state index contributed by atoms with van der Waals surface area (Å²) in [5, 5.41) is 2.87. The lowest BCUT2D eigenvalue weighted by molar-refractivity contribution is -0.141. The van der Waals surface area contributed by atoms with Gasteiger partial charge >= 0.3 is 6.18 Å². The normalized spacial score (nSPS) is 11.4. The molecule has 0 radical (unpaired) electrons. The first kappa shape index (κ1) is 22.3. The van der Waals surface area contributed by atoms with Gasteiger partial charge in [-0.15, -0.1) is 0 Å². The fourth-order valence-corrected chi connectivity index (χ4v) is 3.26. The van der Waals surface area contributed by atoms with Crippen molar-refractivity contribution < 1.29 is 22.4 Å². The van der Waals surface area contributed by atoms with E-state index in [0.29, 0.717) is 10.7 Å². The molecule has 0 aliphatic heterocycles. The van der Waals surface area contributed by atoms with Crippen LogP contribution in [0.5, 0.6) is 0 Å². The molecule has 0 atom stereocenters. The van der Waals surface area contributed by atoms with E-state index in [2.05, 4.69) is 15.3 Å². The molecule has 0 aliphatic rings. The van der Waals surface area contributed by atoms with Crippen LogP contribution in [0.25, 0.3) is 11.3 Å². The van der Waals surface area contributed by atoms with Crippen molar-refractivity contribution in [3.8, 4) is 11.3 Å². The van der Waals surface area contributed by atoms with E-state index in [1.165, 1.54) is 30.3 Å². The van der Waals surface area contributed by atoms with Crippen LogP contribution in [0.15, 0.2) is 53.7 Å². The smallest absolute Gasteiger partial charge is 0.325 e. The first-order valence-electron chi connectivity index (χ1n) is 8.22. The molecule has 0 saturated carbocycles. The van der Waals surface area contributed by atoms with Crippen molar-refractivity contribution in [1.82, 2.24) is 9.97 Å². The SMILES string of the molecule is O=C(CSc1nc(-c2ccc(F)cc2)cc(C(F)(F)F)n1)Nc1ccc(Cl)c(Cl)c1. The van der Waals surface area contributed by atoms with Crippen LogP contribution in [0, 0.1) is 5.82 Å². The summed E-state index contributed by atoms with van der Waals surface area (Å²) in [4.78, 5) is 19.7. The number of aromatic nitrogens is 2. The van der Waals surface area contributed by atoms with Gasteiger partial charge in [-0.1, -0.05) is 35.0 Å². The molecule has 3 rings (SSSR count). The summed E-state index contributed by atoms with van der Waals surface area (Å²) in [6.07, 6.45) is -4.71. The summed E-state index contributed by atoms with van der Waals surface area (Å²) in [5.74, 6) is -1.27. The molecule has 0 saturated heterocycles. The molecule has 3 aromatic rings. The van der Waals surface area contributed by atoms with Gasteiger partial charge in [-0.25, -0.2) is 14.4 Å². The van der Waals surface area contributed by atoms with Crippen molar-refractivity contribution in [3.05, 3.63) is 70.1 Å². The van der Waals surface area contributed by atoms with Crippen LogP contribution < -0.4 is 5.32 Å². The fraction of sp³-hybridized carbons (Fsp3) is 0.105. The summed E-state index contributed by atoms with van der Waals surface area (Å²) >= 11 is 12.4. The number of nitrogens with one attached hydrogen (secondary N) is 1. The molecule has 0 spiro atoms. The standard InChI is InChI=1S/C19H11Cl2F4N3OS/c20-13-6-5-12(7-14(13)21)26-17(29)9-30-18-27-15(8-16(28-18)19(23,24)25)10-1-3-11(22)4-2-10/h1-8H,9H2,(H,26,29). The Morgan fingerprint density at radius 3 is 2.33 bits per heavy atom. The lowest BCUT2D eigenvalue weighted by atomic mass is 10.1. The second kappa shape index (κ2) is 9.20. The molecule has 0 unspecified atom stereocenters. The maximum absolute atomic E-state index is 13.2. The molecule has 4 nitrogen and oxygen atoms in total. The quantitative estimate of drug-likeness (QED) is 0.265. The van der Waals surface area contributed by atoms with Crippen LogP contribution >= 0.6 is 35.0 Å². The second-order valence-corrected chi connectivity index (χ2v) is 7.65. The van der Waals surface area contributed by atoms with Crippen molar-refractivity contribution in [2.45, 2.75) is 11.3 Å². The number of carbonyl (C=O) groups excluding carboxylic acids is 1. The molecule has 156 valence electrons. The van der Waals surface area contributed by atoms with E-state index >= 15 is 0 Å². The van der Waals surface area contributed by atoms with Crippen LogP contribution in [0.3, 0.4) is 0 Å². The van der Waals surface area contributed by atoms with Crippen LogP contribution in [-0.4, -0.2) is 21.6 Å². The Morgan fingerprint density at radius 1 is 1.00 bits per heavy atom. The number of halogens is 6. The number of alkyl halides is 3. The first-order valence-corrected chi connectivity index (χ1v) is 9.96. The minimum absolute atomic E-state index is 0.0373. The minimum Gasteiger partial charge on any atom is -0.325 e. The Kier molecular flexibility index (Phi) is 6.84. The second-order valence-electron chi connectivity index (χ2n) is 5.89. The van der Waals surface area contributed by atoms with Gasteiger partial charge in [0.05, 0.1) is 21.5 Å². The maximum Gasteiger partial charge on any atom is 0.433 e. The highest BCUT2D eigenvalue weighted by atomic mass is 35.5. The average molecular weight is 476 g/mol. The van der Waals surface area contributed by atoms with Gasteiger partial charge in [0.15, 0.2) is 5.16 Å². The minimum atomic E-state index is -4.71. The molecule has 0 aliphatic carbocycles. The Bertz CT molecular complexity index is 1080. The van der Waals surface area contributed by atoms with Crippen molar-refractivity contribution >= 4 is 46.6 Å². The highest BCUT2D eigenvalue weighted by Crippen LogP contribution is 2.32. The summed E-state index contributed by atoms with van der Waals surface area (Å²) in [7, 11) is 0. The van der Waals surface area contributed by atoms with Crippen molar-refractivity contribution in [1.29, 1.82) is 0 Å². The van der Waals surface area contributed by atoms with Gasteiger partial charge in [0.2, 0.25) is 5.91 Å². The van der Waals surface area contributed by atoms with Crippen LogP contribution in [-0.2, 0) is 11.0 Å². The molecule has 2 aromatic carbocycles. The molecule has 1 heterocycles. The molecule has 0 fully saturated rings. The van der Waals surface area contributed by atoms with E-state index in [9.17, 15) is 22.4 Å². The Hall–Kier alpha value is -2.36.